The molecule has 0 heterocycles. The van der Waals surface area contributed by atoms with Crippen molar-refractivity contribution in [2.45, 2.75) is 15.8 Å². The van der Waals surface area contributed by atoms with E-state index in [-0.39, 0.29) is 22.4 Å². The van der Waals surface area contributed by atoms with Crippen molar-refractivity contribution in [3.63, 3.8) is 0 Å². The van der Waals surface area contributed by atoms with Crippen molar-refractivity contribution < 1.29 is 16.8 Å². The Hall–Kier alpha value is -1.45. The Balaban J connectivity index is 2.34. The second kappa shape index (κ2) is 8.06. The molecule has 0 saturated heterocycles. The van der Waals surface area contributed by atoms with Gasteiger partial charge < -0.3 is 4.90 Å². The molecule has 1 unspecified atom stereocenters. The number of benzene rings is 2. The molecule has 0 aliphatic heterocycles. The number of sulfone groups is 1. The zero-order valence-electron chi connectivity index (χ0n) is 14.7. The Labute approximate surface area is 159 Å². The monoisotopic (exact) mass is 416 g/mol. The van der Waals surface area contributed by atoms with E-state index in [2.05, 4.69) is 4.72 Å². The van der Waals surface area contributed by atoms with Gasteiger partial charge in [-0.2, -0.15) is 0 Å². The summed E-state index contributed by atoms with van der Waals surface area (Å²) in [5.41, 5.74) is 0.776. The molecule has 142 valence electrons. The minimum Gasteiger partial charge on any atom is -0.301 e. The van der Waals surface area contributed by atoms with Crippen LogP contribution in [0.4, 0.5) is 0 Å². The van der Waals surface area contributed by atoms with Crippen LogP contribution in [0.2, 0.25) is 5.02 Å². The number of hydrogen-bond donors (Lipinski definition) is 1. The zero-order valence-corrected chi connectivity index (χ0v) is 17.1. The third-order valence-corrected chi connectivity index (χ3v) is 7.00. The molecule has 2 aromatic carbocycles. The maximum Gasteiger partial charge on any atom is 0.241 e. The average molecular weight is 417 g/mol. The fourth-order valence-corrected chi connectivity index (χ4v) is 5.49. The molecule has 0 amide bonds. The summed E-state index contributed by atoms with van der Waals surface area (Å²) in [7, 11) is -4.08. The average Bonchev–Trinajstić information content (AvgIpc) is 2.55. The van der Waals surface area contributed by atoms with Crippen molar-refractivity contribution in [1.29, 1.82) is 0 Å². The van der Waals surface area contributed by atoms with E-state index < -0.39 is 19.9 Å². The minimum atomic E-state index is -4.02. The van der Waals surface area contributed by atoms with Gasteiger partial charge in [-0.25, -0.2) is 21.6 Å². The van der Waals surface area contributed by atoms with E-state index in [4.69, 9.17) is 11.6 Å². The molecule has 0 aliphatic rings. The fraction of sp³-hybridized carbons (Fsp3) is 0.294. The van der Waals surface area contributed by atoms with Crippen LogP contribution in [0.1, 0.15) is 11.6 Å². The van der Waals surface area contributed by atoms with E-state index in [9.17, 15) is 16.8 Å². The first kappa shape index (κ1) is 20.9. The Bertz CT molecular complexity index is 989. The summed E-state index contributed by atoms with van der Waals surface area (Å²) < 4.78 is 51.7. The molecule has 9 heteroatoms. The van der Waals surface area contributed by atoms with Crippen LogP contribution in [0.15, 0.2) is 58.3 Å². The molecule has 2 rings (SSSR count). The molecular formula is C17H21ClN2O4S2. The fourth-order valence-electron chi connectivity index (χ4n) is 2.56. The van der Waals surface area contributed by atoms with Gasteiger partial charge in [-0.3, -0.25) is 0 Å². The normalized spacial score (nSPS) is 13.7. The smallest absolute Gasteiger partial charge is 0.241 e. The van der Waals surface area contributed by atoms with Crippen molar-refractivity contribution in [2.75, 3.05) is 26.9 Å². The van der Waals surface area contributed by atoms with E-state index >= 15 is 0 Å². The van der Waals surface area contributed by atoms with Gasteiger partial charge in [-0.1, -0.05) is 41.9 Å². The van der Waals surface area contributed by atoms with Crippen LogP contribution >= 0.6 is 11.6 Å². The lowest BCUT2D eigenvalue weighted by Crippen LogP contribution is -2.35. The van der Waals surface area contributed by atoms with E-state index in [0.717, 1.165) is 11.8 Å². The maximum absolute atomic E-state index is 12.7. The Morgan fingerprint density at radius 3 is 2.04 bits per heavy atom. The number of likely N-dealkylation sites (N-methyl/N-ethyl adjacent to an activating group) is 1. The highest BCUT2D eigenvalue weighted by atomic mass is 35.5. The van der Waals surface area contributed by atoms with Crippen LogP contribution in [-0.4, -0.2) is 48.6 Å². The van der Waals surface area contributed by atoms with Gasteiger partial charge in [-0.15, -0.1) is 0 Å². The van der Waals surface area contributed by atoms with Crippen LogP contribution in [-0.2, 0) is 19.9 Å². The summed E-state index contributed by atoms with van der Waals surface area (Å²) in [6, 6.07) is 12.4. The molecule has 26 heavy (non-hydrogen) atoms. The first-order valence-electron chi connectivity index (χ1n) is 7.73. The maximum atomic E-state index is 12.7. The Morgan fingerprint density at radius 2 is 1.50 bits per heavy atom. The SMILES string of the molecule is CN(C)C(CNS(=O)(=O)c1ccccc1S(C)(=O)=O)c1ccccc1Cl. The van der Waals surface area contributed by atoms with Gasteiger partial charge in [-0.05, 0) is 37.9 Å². The summed E-state index contributed by atoms with van der Waals surface area (Å²) in [5, 5.41) is 0.530. The van der Waals surface area contributed by atoms with Gasteiger partial charge in [0.15, 0.2) is 9.84 Å². The highest BCUT2D eigenvalue weighted by Crippen LogP contribution is 2.26. The summed E-state index contributed by atoms with van der Waals surface area (Å²) >= 11 is 6.23. The van der Waals surface area contributed by atoms with Gasteiger partial charge >= 0.3 is 0 Å². The third-order valence-electron chi connectivity index (χ3n) is 3.89. The minimum absolute atomic E-state index is 0.0389. The van der Waals surface area contributed by atoms with Gasteiger partial charge in [0, 0.05) is 23.9 Å². The summed E-state index contributed by atoms with van der Waals surface area (Å²) in [5.74, 6) is 0. The van der Waals surface area contributed by atoms with Crippen LogP contribution in [0.5, 0.6) is 0 Å². The quantitative estimate of drug-likeness (QED) is 0.748. The van der Waals surface area contributed by atoms with Crippen molar-refractivity contribution in [1.82, 2.24) is 9.62 Å². The Kier molecular flexibility index (Phi) is 6.46. The molecular weight excluding hydrogens is 396 g/mol. The number of nitrogens with zero attached hydrogens (tertiary/aromatic N) is 1. The second-order valence-electron chi connectivity index (χ2n) is 6.07. The molecule has 0 aliphatic carbocycles. The third kappa shape index (κ3) is 4.83. The van der Waals surface area contributed by atoms with Gasteiger partial charge in [0.2, 0.25) is 10.0 Å². The summed E-state index contributed by atoms with van der Waals surface area (Å²) in [6.07, 6.45) is 0.980. The van der Waals surface area contributed by atoms with Crippen LogP contribution in [0, 0.1) is 0 Å². The first-order chi connectivity index (χ1) is 12.0. The number of sulfonamides is 1. The highest BCUT2D eigenvalue weighted by Gasteiger charge is 2.25. The zero-order chi connectivity index (χ0) is 19.5. The van der Waals surface area contributed by atoms with Crippen molar-refractivity contribution in [3.05, 3.63) is 59.1 Å². The summed E-state index contributed by atoms with van der Waals surface area (Å²) in [6.45, 7) is 0.0389. The molecule has 0 saturated carbocycles. The molecule has 0 spiro atoms. The standard InChI is InChI=1S/C17H21ClN2O4S2/c1-20(2)15(13-8-4-5-9-14(13)18)12-19-26(23,24)17-11-7-6-10-16(17)25(3,21)22/h4-11,15,19H,12H2,1-3H3. The van der Waals surface area contributed by atoms with Crippen molar-refractivity contribution >= 4 is 31.5 Å². The molecule has 0 aromatic heterocycles. The van der Waals surface area contributed by atoms with Crippen LogP contribution in [0.3, 0.4) is 0 Å². The largest absolute Gasteiger partial charge is 0.301 e. The molecule has 0 fully saturated rings. The lowest BCUT2D eigenvalue weighted by atomic mass is 10.1. The number of halogens is 1. The van der Waals surface area contributed by atoms with Gasteiger partial charge in [0.05, 0.1) is 4.90 Å². The molecule has 1 atom stereocenters. The number of rotatable bonds is 7. The van der Waals surface area contributed by atoms with Gasteiger partial charge in [0.1, 0.15) is 4.90 Å². The lowest BCUT2D eigenvalue weighted by Gasteiger charge is -2.26. The van der Waals surface area contributed by atoms with Crippen molar-refractivity contribution in [3.8, 4) is 0 Å². The Morgan fingerprint density at radius 1 is 0.962 bits per heavy atom. The molecule has 1 N–H and O–H groups in total. The molecule has 6 nitrogen and oxygen atoms in total. The van der Waals surface area contributed by atoms with Crippen molar-refractivity contribution in [2.24, 2.45) is 0 Å². The number of hydrogen-bond acceptors (Lipinski definition) is 5. The molecule has 2 aromatic rings. The van der Waals surface area contributed by atoms with E-state index in [1.165, 1.54) is 24.3 Å². The molecule has 0 radical (unpaired) electrons. The van der Waals surface area contributed by atoms with E-state index in [1.807, 2.05) is 31.1 Å². The van der Waals surface area contributed by atoms with Gasteiger partial charge in [0.25, 0.3) is 0 Å². The van der Waals surface area contributed by atoms with Crippen LogP contribution in [0.25, 0.3) is 0 Å². The van der Waals surface area contributed by atoms with E-state index in [1.54, 1.807) is 12.1 Å². The highest BCUT2D eigenvalue weighted by molar-refractivity contribution is 7.93. The number of nitrogens with one attached hydrogen (secondary N) is 1. The first-order valence-corrected chi connectivity index (χ1v) is 11.5. The topological polar surface area (TPSA) is 83.6 Å². The van der Waals surface area contributed by atoms with Crippen LogP contribution < -0.4 is 4.72 Å². The van der Waals surface area contributed by atoms with E-state index in [0.29, 0.717) is 5.02 Å². The second-order valence-corrected chi connectivity index (χ2v) is 10.2. The molecule has 0 bridgehead atoms. The lowest BCUT2D eigenvalue weighted by molar-refractivity contribution is 0.299. The predicted octanol–water partition coefficient (Wildman–Crippen LogP) is 2.32. The summed E-state index contributed by atoms with van der Waals surface area (Å²) in [4.78, 5) is 1.34. The predicted molar refractivity (Wildman–Crippen MR) is 103 cm³/mol.